The molecule has 1 saturated heterocycles. The maximum atomic E-state index is 11.8. The van der Waals surface area contributed by atoms with E-state index in [9.17, 15) is 4.79 Å². The zero-order chi connectivity index (χ0) is 11.1. The summed E-state index contributed by atoms with van der Waals surface area (Å²) in [5.74, 6) is 0.285. The Labute approximate surface area is 91.4 Å². The topological polar surface area (TPSA) is 49.6 Å². The van der Waals surface area contributed by atoms with Gasteiger partial charge in [-0.05, 0) is 26.7 Å². The first-order valence-electron chi connectivity index (χ1n) is 5.76. The number of hydrogen-bond acceptors (Lipinski definition) is 3. The first-order valence-corrected chi connectivity index (χ1v) is 5.76. The van der Waals surface area contributed by atoms with Crippen molar-refractivity contribution in [3.63, 3.8) is 0 Å². The highest BCUT2D eigenvalue weighted by Crippen LogP contribution is 2.28. The minimum absolute atomic E-state index is 0.206. The standard InChI is InChI=1S/C11H21N3O/c1-11(2,12)8-13-5-6-14(9-3-4-9)10(15)7-13/h9H,3-8,12H2,1-2H3. The van der Waals surface area contributed by atoms with E-state index in [2.05, 4.69) is 4.90 Å². The molecule has 1 heterocycles. The molecule has 1 aliphatic heterocycles. The highest BCUT2D eigenvalue weighted by molar-refractivity contribution is 5.79. The molecule has 86 valence electrons. The van der Waals surface area contributed by atoms with E-state index >= 15 is 0 Å². The fraction of sp³-hybridized carbons (Fsp3) is 0.909. The average molecular weight is 211 g/mol. The van der Waals surface area contributed by atoms with E-state index in [1.54, 1.807) is 0 Å². The molecule has 0 unspecified atom stereocenters. The zero-order valence-electron chi connectivity index (χ0n) is 9.70. The molecule has 4 nitrogen and oxygen atoms in total. The van der Waals surface area contributed by atoms with E-state index in [-0.39, 0.29) is 11.4 Å². The summed E-state index contributed by atoms with van der Waals surface area (Å²) in [5.41, 5.74) is 5.75. The van der Waals surface area contributed by atoms with Crippen LogP contribution >= 0.6 is 0 Å². The molecular weight excluding hydrogens is 190 g/mol. The summed E-state index contributed by atoms with van der Waals surface area (Å²) in [7, 11) is 0. The Hall–Kier alpha value is -0.610. The molecule has 0 aromatic heterocycles. The van der Waals surface area contributed by atoms with E-state index < -0.39 is 0 Å². The minimum Gasteiger partial charge on any atom is -0.337 e. The van der Waals surface area contributed by atoms with Crippen molar-refractivity contribution in [2.45, 2.75) is 38.3 Å². The monoisotopic (exact) mass is 211 g/mol. The molecule has 2 fully saturated rings. The summed E-state index contributed by atoms with van der Waals surface area (Å²) in [5, 5.41) is 0. The Morgan fingerprint density at radius 2 is 2.07 bits per heavy atom. The number of hydrogen-bond donors (Lipinski definition) is 1. The third-order valence-electron chi connectivity index (χ3n) is 2.96. The van der Waals surface area contributed by atoms with Crippen molar-refractivity contribution in [3.8, 4) is 0 Å². The lowest BCUT2D eigenvalue weighted by Gasteiger charge is -2.37. The van der Waals surface area contributed by atoms with Gasteiger partial charge in [0.1, 0.15) is 0 Å². The second-order valence-electron chi connectivity index (χ2n) is 5.52. The SMILES string of the molecule is CC(C)(N)CN1CCN(C2CC2)C(=O)C1. The Morgan fingerprint density at radius 1 is 1.40 bits per heavy atom. The first kappa shape index (κ1) is 10.9. The van der Waals surface area contributed by atoms with E-state index in [1.807, 2.05) is 18.7 Å². The molecule has 2 N–H and O–H groups in total. The molecule has 2 aliphatic rings. The number of nitrogens with two attached hydrogens (primary N) is 1. The van der Waals surface area contributed by atoms with Crippen molar-refractivity contribution in [3.05, 3.63) is 0 Å². The van der Waals surface area contributed by atoms with Crippen LogP contribution in [0.25, 0.3) is 0 Å². The normalized spacial score (nSPS) is 24.7. The lowest BCUT2D eigenvalue weighted by Crippen LogP contribution is -2.55. The van der Waals surface area contributed by atoms with Crippen LogP contribution in [0.15, 0.2) is 0 Å². The summed E-state index contributed by atoms with van der Waals surface area (Å²) in [4.78, 5) is 16.0. The number of carbonyl (C=O) groups excluding carboxylic acids is 1. The van der Waals surface area contributed by atoms with Gasteiger partial charge in [0.05, 0.1) is 6.54 Å². The number of amides is 1. The van der Waals surface area contributed by atoms with Crippen molar-refractivity contribution in [1.82, 2.24) is 9.80 Å². The zero-order valence-corrected chi connectivity index (χ0v) is 9.70. The molecule has 0 aromatic carbocycles. The van der Waals surface area contributed by atoms with Gasteiger partial charge in [-0.3, -0.25) is 9.69 Å². The minimum atomic E-state index is -0.206. The first-order chi connectivity index (χ1) is 6.96. The number of rotatable bonds is 3. The summed E-state index contributed by atoms with van der Waals surface area (Å²) in [6.07, 6.45) is 2.41. The van der Waals surface area contributed by atoms with Crippen LogP contribution < -0.4 is 5.73 Å². The Kier molecular flexibility index (Phi) is 2.73. The fourth-order valence-corrected chi connectivity index (χ4v) is 2.22. The molecule has 1 aliphatic carbocycles. The van der Waals surface area contributed by atoms with E-state index in [0.29, 0.717) is 12.6 Å². The van der Waals surface area contributed by atoms with Crippen molar-refractivity contribution in [2.75, 3.05) is 26.2 Å². The predicted octanol–water partition coefficient (Wildman–Crippen LogP) is 0.0303. The van der Waals surface area contributed by atoms with Crippen LogP contribution in [0.4, 0.5) is 0 Å². The molecule has 15 heavy (non-hydrogen) atoms. The van der Waals surface area contributed by atoms with E-state index in [1.165, 1.54) is 12.8 Å². The molecule has 0 spiro atoms. The quantitative estimate of drug-likeness (QED) is 0.716. The summed E-state index contributed by atoms with van der Waals surface area (Å²) in [6.45, 7) is 7.23. The Balaban J connectivity index is 1.85. The average Bonchev–Trinajstić information content (AvgIpc) is 2.84. The second kappa shape index (κ2) is 3.76. The molecular formula is C11H21N3O. The third kappa shape index (κ3) is 2.92. The van der Waals surface area contributed by atoms with Crippen LogP contribution in [0, 0.1) is 0 Å². The number of nitrogens with zero attached hydrogens (tertiary/aromatic N) is 2. The number of carbonyl (C=O) groups is 1. The van der Waals surface area contributed by atoms with Gasteiger partial charge in [0.2, 0.25) is 5.91 Å². The Bertz CT molecular complexity index is 255. The van der Waals surface area contributed by atoms with Gasteiger partial charge in [0, 0.05) is 31.2 Å². The van der Waals surface area contributed by atoms with Gasteiger partial charge in [-0.25, -0.2) is 0 Å². The molecule has 0 aromatic rings. The summed E-state index contributed by atoms with van der Waals surface area (Å²) < 4.78 is 0. The highest BCUT2D eigenvalue weighted by Gasteiger charge is 2.36. The van der Waals surface area contributed by atoms with Crippen LogP contribution in [-0.2, 0) is 4.79 Å². The van der Waals surface area contributed by atoms with Crippen LogP contribution in [0.3, 0.4) is 0 Å². The van der Waals surface area contributed by atoms with Crippen LogP contribution in [-0.4, -0.2) is 53.5 Å². The smallest absolute Gasteiger partial charge is 0.237 e. The molecule has 2 rings (SSSR count). The van der Waals surface area contributed by atoms with Gasteiger partial charge in [-0.2, -0.15) is 0 Å². The molecule has 0 bridgehead atoms. The third-order valence-corrected chi connectivity index (χ3v) is 2.96. The largest absolute Gasteiger partial charge is 0.337 e. The molecule has 4 heteroatoms. The van der Waals surface area contributed by atoms with Gasteiger partial charge in [0.15, 0.2) is 0 Å². The fourth-order valence-electron chi connectivity index (χ4n) is 2.22. The van der Waals surface area contributed by atoms with Crippen molar-refractivity contribution < 1.29 is 4.79 Å². The molecule has 1 amide bonds. The number of piperazine rings is 1. The van der Waals surface area contributed by atoms with Gasteiger partial charge in [-0.1, -0.05) is 0 Å². The predicted molar refractivity (Wildman–Crippen MR) is 59.4 cm³/mol. The molecule has 1 saturated carbocycles. The molecule has 0 radical (unpaired) electrons. The van der Waals surface area contributed by atoms with Gasteiger partial charge < -0.3 is 10.6 Å². The van der Waals surface area contributed by atoms with Crippen molar-refractivity contribution >= 4 is 5.91 Å². The van der Waals surface area contributed by atoms with Gasteiger partial charge in [0.25, 0.3) is 0 Å². The van der Waals surface area contributed by atoms with Crippen LogP contribution in [0.2, 0.25) is 0 Å². The maximum Gasteiger partial charge on any atom is 0.237 e. The lowest BCUT2D eigenvalue weighted by atomic mass is 10.1. The van der Waals surface area contributed by atoms with Crippen molar-refractivity contribution in [1.29, 1.82) is 0 Å². The van der Waals surface area contributed by atoms with Crippen LogP contribution in [0.1, 0.15) is 26.7 Å². The highest BCUT2D eigenvalue weighted by atomic mass is 16.2. The van der Waals surface area contributed by atoms with Gasteiger partial charge >= 0.3 is 0 Å². The maximum absolute atomic E-state index is 11.8. The van der Waals surface area contributed by atoms with E-state index in [0.717, 1.165) is 19.6 Å². The Morgan fingerprint density at radius 3 is 2.53 bits per heavy atom. The molecule has 0 atom stereocenters. The van der Waals surface area contributed by atoms with Crippen LogP contribution in [0.5, 0.6) is 0 Å². The van der Waals surface area contributed by atoms with Crippen molar-refractivity contribution in [2.24, 2.45) is 5.73 Å². The second-order valence-corrected chi connectivity index (χ2v) is 5.52. The summed E-state index contributed by atoms with van der Waals surface area (Å²) >= 11 is 0. The van der Waals surface area contributed by atoms with E-state index in [4.69, 9.17) is 5.73 Å². The lowest BCUT2D eigenvalue weighted by molar-refractivity contribution is -0.136. The summed E-state index contributed by atoms with van der Waals surface area (Å²) in [6, 6.07) is 0.561. The van der Waals surface area contributed by atoms with Gasteiger partial charge in [-0.15, -0.1) is 0 Å².